The van der Waals surface area contributed by atoms with Gasteiger partial charge in [-0.15, -0.1) is 0 Å². The maximum Gasteiger partial charge on any atom is 0.139 e. The van der Waals surface area contributed by atoms with Gasteiger partial charge in [0.05, 0.1) is 0 Å². The van der Waals surface area contributed by atoms with Gasteiger partial charge in [0.25, 0.3) is 0 Å². The van der Waals surface area contributed by atoms with E-state index in [1.54, 1.807) is 0 Å². The minimum atomic E-state index is 0.0365. The molecule has 0 aromatic heterocycles. The first kappa shape index (κ1) is 16.2. The Bertz CT molecular complexity index is 496. The van der Waals surface area contributed by atoms with Crippen LogP contribution in [0.5, 0.6) is 0 Å². The quantitative estimate of drug-likeness (QED) is 0.591. The van der Waals surface area contributed by atoms with Crippen LogP contribution >= 0.6 is 0 Å². The number of hydrogen-bond acceptors (Lipinski definition) is 1. The van der Waals surface area contributed by atoms with Gasteiger partial charge in [-0.1, -0.05) is 40.5 Å². The maximum atomic E-state index is 12.7. The van der Waals surface area contributed by atoms with Gasteiger partial charge in [0.2, 0.25) is 0 Å². The molecule has 7 unspecified atom stereocenters. The second-order valence-electron chi connectivity index (χ2n) is 10.2. The summed E-state index contributed by atoms with van der Waals surface area (Å²) < 4.78 is 0. The van der Waals surface area contributed by atoms with E-state index in [4.69, 9.17) is 0 Å². The first-order chi connectivity index (χ1) is 10.9. The SMILES string of the molecule is CCC12CCC3C(CC[C@]4(C)C(=O)CC(C)C34)C1CCC(C)C2. The predicted molar refractivity (Wildman–Crippen MR) is 95.1 cm³/mol. The lowest BCUT2D eigenvalue weighted by Gasteiger charge is -2.60. The van der Waals surface area contributed by atoms with Gasteiger partial charge in [0, 0.05) is 11.8 Å². The highest BCUT2D eigenvalue weighted by Gasteiger charge is 2.61. The van der Waals surface area contributed by atoms with Crippen LogP contribution in [0.2, 0.25) is 0 Å². The minimum Gasteiger partial charge on any atom is -0.299 e. The molecular weight excluding hydrogens is 280 g/mol. The van der Waals surface area contributed by atoms with Crippen LogP contribution in [0.1, 0.15) is 85.5 Å². The Morgan fingerprint density at radius 1 is 1.04 bits per heavy atom. The number of carbonyl (C=O) groups is 1. The molecule has 1 heteroatoms. The monoisotopic (exact) mass is 316 g/mol. The van der Waals surface area contributed by atoms with Gasteiger partial charge in [-0.2, -0.15) is 0 Å². The van der Waals surface area contributed by atoms with Crippen LogP contribution in [0.25, 0.3) is 0 Å². The smallest absolute Gasteiger partial charge is 0.139 e. The first-order valence-electron chi connectivity index (χ1n) is 10.4. The molecule has 0 aromatic carbocycles. The zero-order chi connectivity index (χ0) is 16.4. The molecule has 1 nitrogen and oxygen atoms in total. The summed E-state index contributed by atoms with van der Waals surface area (Å²) in [7, 11) is 0. The van der Waals surface area contributed by atoms with Gasteiger partial charge in [-0.3, -0.25) is 4.79 Å². The van der Waals surface area contributed by atoms with Gasteiger partial charge in [-0.05, 0) is 79.4 Å². The number of carbonyl (C=O) groups excluding carboxylic acids is 1. The Labute approximate surface area is 143 Å². The third-order valence-electron chi connectivity index (χ3n) is 9.21. The Balaban J connectivity index is 1.66. The summed E-state index contributed by atoms with van der Waals surface area (Å²) >= 11 is 0. The van der Waals surface area contributed by atoms with E-state index in [0.29, 0.717) is 23.0 Å². The summed E-state index contributed by atoms with van der Waals surface area (Å²) in [4.78, 5) is 12.7. The zero-order valence-corrected chi connectivity index (χ0v) is 15.7. The maximum absolute atomic E-state index is 12.7. The van der Waals surface area contributed by atoms with Crippen molar-refractivity contribution in [1.82, 2.24) is 0 Å². The lowest BCUT2D eigenvalue weighted by atomic mass is 9.44. The van der Waals surface area contributed by atoms with E-state index in [2.05, 4.69) is 27.7 Å². The van der Waals surface area contributed by atoms with Crippen molar-refractivity contribution in [2.75, 3.05) is 0 Å². The molecule has 4 saturated carbocycles. The standard InChI is InChI=1S/C22H36O/c1-5-22-11-9-17-16(18(22)7-6-14(2)13-22)8-10-21(4)19(23)12-15(3)20(17)21/h14-18,20H,5-13H2,1-4H3/t14?,15?,16?,17?,18?,20?,21-,22?/m1/s1. The normalized spacial score (nSPS) is 55.9. The van der Waals surface area contributed by atoms with Gasteiger partial charge in [0.15, 0.2) is 0 Å². The minimum absolute atomic E-state index is 0.0365. The lowest BCUT2D eigenvalue weighted by Crippen LogP contribution is -2.53. The molecule has 0 spiro atoms. The average molecular weight is 317 g/mol. The molecular formula is C22H36O. The second kappa shape index (κ2) is 5.33. The van der Waals surface area contributed by atoms with Crippen LogP contribution < -0.4 is 0 Å². The van der Waals surface area contributed by atoms with E-state index in [1.807, 2.05) is 0 Å². The lowest BCUT2D eigenvalue weighted by molar-refractivity contribution is -0.139. The number of Topliss-reactive ketones (excluding diaryl/α,β-unsaturated/α-hetero) is 1. The summed E-state index contributed by atoms with van der Waals surface area (Å²) in [5.74, 6) is 5.62. The highest BCUT2D eigenvalue weighted by atomic mass is 16.1. The van der Waals surface area contributed by atoms with Gasteiger partial charge in [-0.25, -0.2) is 0 Å². The highest BCUT2D eigenvalue weighted by molar-refractivity contribution is 5.87. The molecule has 0 N–H and O–H groups in total. The molecule has 8 atom stereocenters. The number of hydrogen-bond donors (Lipinski definition) is 0. The van der Waals surface area contributed by atoms with Crippen molar-refractivity contribution in [3.05, 3.63) is 0 Å². The molecule has 0 aliphatic heterocycles. The summed E-state index contributed by atoms with van der Waals surface area (Å²) in [5.41, 5.74) is 0.688. The third kappa shape index (κ3) is 2.13. The molecule has 0 saturated heterocycles. The Morgan fingerprint density at radius 2 is 1.78 bits per heavy atom. The van der Waals surface area contributed by atoms with Crippen molar-refractivity contribution in [3.8, 4) is 0 Å². The van der Waals surface area contributed by atoms with E-state index in [1.165, 1.54) is 51.4 Å². The molecule has 4 aliphatic carbocycles. The molecule has 4 aliphatic rings. The van der Waals surface area contributed by atoms with Crippen molar-refractivity contribution in [1.29, 1.82) is 0 Å². The third-order valence-corrected chi connectivity index (χ3v) is 9.21. The number of rotatable bonds is 1. The fourth-order valence-corrected chi connectivity index (χ4v) is 8.22. The molecule has 0 amide bonds. The van der Waals surface area contributed by atoms with Crippen LogP contribution in [-0.4, -0.2) is 5.78 Å². The van der Waals surface area contributed by atoms with E-state index in [-0.39, 0.29) is 5.41 Å². The van der Waals surface area contributed by atoms with Crippen LogP contribution in [0.15, 0.2) is 0 Å². The number of fused-ring (bicyclic) bond motifs is 5. The Kier molecular flexibility index (Phi) is 3.75. The fraction of sp³-hybridized carbons (Fsp3) is 0.955. The molecule has 23 heavy (non-hydrogen) atoms. The molecule has 4 fully saturated rings. The molecule has 4 rings (SSSR count). The van der Waals surface area contributed by atoms with E-state index in [9.17, 15) is 4.79 Å². The van der Waals surface area contributed by atoms with Gasteiger partial charge >= 0.3 is 0 Å². The second-order valence-corrected chi connectivity index (χ2v) is 10.2. The summed E-state index contributed by atoms with van der Waals surface area (Å²) in [6.45, 7) is 9.64. The van der Waals surface area contributed by atoms with Gasteiger partial charge in [0.1, 0.15) is 5.78 Å². The zero-order valence-electron chi connectivity index (χ0n) is 15.7. The largest absolute Gasteiger partial charge is 0.299 e. The Morgan fingerprint density at radius 3 is 2.52 bits per heavy atom. The molecule has 130 valence electrons. The van der Waals surface area contributed by atoms with Gasteiger partial charge < -0.3 is 0 Å². The summed E-state index contributed by atoms with van der Waals surface area (Å²) in [6, 6.07) is 0. The summed E-state index contributed by atoms with van der Waals surface area (Å²) in [6.07, 6.45) is 12.1. The van der Waals surface area contributed by atoms with E-state index >= 15 is 0 Å². The predicted octanol–water partition coefficient (Wildman–Crippen LogP) is 5.87. The van der Waals surface area contributed by atoms with E-state index in [0.717, 1.165) is 30.1 Å². The Hall–Kier alpha value is -0.330. The van der Waals surface area contributed by atoms with Crippen LogP contribution in [-0.2, 0) is 4.79 Å². The molecule has 0 aromatic rings. The first-order valence-corrected chi connectivity index (χ1v) is 10.4. The van der Waals surface area contributed by atoms with E-state index < -0.39 is 0 Å². The molecule has 0 heterocycles. The van der Waals surface area contributed by atoms with Crippen LogP contribution in [0, 0.1) is 46.3 Å². The fourth-order valence-electron chi connectivity index (χ4n) is 8.22. The van der Waals surface area contributed by atoms with Crippen molar-refractivity contribution in [3.63, 3.8) is 0 Å². The van der Waals surface area contributed by atoms with Crippen LogP contribution in [0.4, 0.5) is 0 Å². The molecule has 0 bridgehead atoms. The topological polar surface area (TPSA) is 17.1 Å². The van der Waals surface area contributed by atoms with Crippen molar-refractivity contribution in [2.45, 2.75) is 85.5 Å². The highest BCUT2D eigenvalue weighted by Crippen LogP contribution is 2.66. The summed E-state index contributed by atoms with van der Waals surface area (Å²) in [5, 5.41) is 0. The van der Waals surface area contributed by atoms with Crippen LogP contribution in [0.3, 0.4) is 0 Å². The van der Waals surface area contributed by atoms with Crippen molar-refractivity contribution in [2.24, 2.45) is 46.3 Å². The van der Waals surface area contributed by atoms with Crippen molar-refractivity contribution >= 4 is 5.78 Å². The molecule has 0 radical (unpaired) electrons. The average Bonchev–Trinajstić information content (AvgIpc) is 2.76. The van der Waals surface area contributed by atoms with Crippen molar-refractivity contribution < 1.29 is 4.79 Å². The number of ketones is 1.